The van der Waals surface area contributed by atoms with Crippen molar-refractivity contribution in [3.8, 4) is 11.8 Å². The lowest BCUT2D eigenvalue weighted by Crippen LogP contribution is -2.17. The van der Waals surface area contributed by atoms with E-state index in [1.807, 2.05) is 13.0 Å². The van der Waals surface area contributed by atoms with Crippen LogP contribution in [0.25, 0.3) is 0 Å². The van der Waals surface area contributed by atoms with Crippen LogP contribution in [0.5, 0.6) is 5.75 Å². The Balaban J connectivity index is 1.74. The van der Waals surface area contributed by atoms with Gasteiger partial charge in [0.1, 0.15) is 4.90 Å². The molecule has 0 spiro atoms. The number of rotatable bonds is 6. The van der Waals surface area contributed by atoms with Crippen LogP contribution in [0.15, 0.2) is 82.8 Å². The molecule has 0 heterocycles. The Morgan fingerprint density at radius 1 is 1.03 bits per heavy atom. The van der Waals surface area contributed by atoms with Gasteiger partial charge in [0.15, 0.2) is 5.75 Å². The molecule has 0 bridgehead atoms. The topological polar surface area (TPSA) is 109 Å². The molecule has 1 amide bonds. The highest BCUT2D eigenvalue weighted by molar-refractivity contribution is 7.87. The SMILES string of the molecule is Cc1ccc(S(=O)(=O)Oc2ccccc2/C=N\NC(=O)c2ccc(C#N)cc2)cc1. The number of nitrogens with zero attached hydrogens (tertiary/aromatic N) is 2. The second-order valence-corrected chi connectivity index (χ2v) is 7.82. The van der Waals surface area contributed by atoms with Crippen LogP contribution < -0.4 is 9.61 Å². The number of carbonyl (C=O) groups is 1. The van der Waals surface area contributed by atoms with Gasteiger partial charge in [-0.05, 0) is 55.5 Å². The first-order valence-electron chi connectivity index (χ1n) is 8.83. The molecule has 7 nitrogen and oxygen atoms in total. The molecule has 0 atom stereocenters. The van der Waals surface area contributed by atoms with Crippen LogP contribution in [0, 0.1) is 18.3 Å². The molecule has 1 N–H and O–H groups in total. The quantitative estimate of drug-likeness (QED) is 0.374. The van der Waals surface area contributed by atoms with Gasteiger partial charge in [0.2, 0.25) is 0 Å². The number of aryl methyl sites for hydroxylation is 1. The molecule has 0 aromatic heterocycles. The zero-order valence-electron chi connectivity index (χ0n) is 15.9. The highest BCUT2D eigenvalue weighted by Crippen LogP contribution is 2.22. The van der Waals surface area contributed by atoms with E-state index in [0.29, 0.717) is 16.7 Å². The van der Waals surface area contributed by atoms with Crippen molar-refractivity contribution in [3.63, 3.8) is 0 Å². The van der Waals surface area contributed by atoms with Crippen LogP contribution in [-0.4, -0.2) is 20.5 Å². The first-order chi connectivity index (χ1) is 14.4. The van der Waals surface area contributed by atoms with Gasteiger partial charge in [0.05, 0.1) is 17.8 Å². The third-order valence-electron chi connectivity index (χ3n) is 4.07. The van der Waals surface area contributed by atoms with E-state index in [9.17, 15) is 13.2 Å². The summed E-state index contributed by atoms with van der Waals surface area (Å²) in [6, 6.07) is 20.8. The molecule has 3 rings (SSSR count). The Morgan fingerprint density at radius 2 is 1.70 bits per heavy atom. The van der Waals surface area contributed by atoms with Gasteiger partial charge in [-0.3, -0.25) is 4.79 Å². The summed E-state index contributed by atoms with van der Waals surface area (Å²) < 4.78 is 30.3. The van der Waals surface area contributed by atoms with Gasteiger partial charge in [-0.25, -0.2) is 5.43 Å². The number of amides is 1. The molecule has 30 heavy (non-hydrogen) atoms. The second kappa shape index (κ2) is 9.03. The predicted molar refractivity (Wildman–Crippen MR) is 112 cm³/mol. The maximum absolute atomic E-state index is 12.5. The van der Waals surface area contributed by atoms with E-state index in [2.05, 4.69) is 10.5 Å². The smallest absolute Gasteiger partial charge is 0.339 e. The lowest BCUT2D eigenvalue weighted by Gasteiger charge is -2.09. The van der Waals surface area contributed by atoms with Crippen LogP contribution in [0.4, 0.5) is 0 Å². The predicted octanol–water partition coefficient (Wildman–Crippen LogP) is 3.40. The Labute approximate surface area is 174 Å². The van der Waals surface area contributed by atoms with Crippen LogP contribution in [0.3, 0.4) is 0 Å². The van der Waals surface area contributed by atoms with Crippen LogP contribution in [-0.2, 0) is 10.1 Å². The van der Waals surface area contributed by atoms with Crippen molar-refractivity contribution in [3.05, 3.63) is 95.1 Å². The van der Waals surface area contributed by atoms with E-state index in [1.165, 1.54) is 48.7 Å². The molecule has 0 fully saturated rings. The van der Waals surface area contributed by atoms with Crippen LogP contribution in [0.1, 0.15) is 27.0 Å². The van der Waals surface area contributed by atoms with Crippen LogP contribution >= 0.6 is 0 Å². The Hall–Kier alpha value is -3.96. The third-order valence-corrected chi connectivity index (χ3v) is 5.32. The van der Waals surface area contributed by atoms with Crippen LogP contribution in [0.2, 0.25) is 0 Å². The van der Waals surface area contributed by atoms with Gasteiger partial charge in [0, 0.05) is 11.1 Å². The fourth-order valence-electron chi connectivity index (χ4n) is 2.46. The molecule has 0 unspecified atom stereocenters. The van der Waals surface area contributed by atoms with Crippen molar-refractivity contribution in [2.45, 2.75) is 11.8 Å². The number of carbonyl (C=O) groups excluding carboxylic acids is 1. The summed E-state index contributed by atoms with van der Waals surface area (Å²) in [6.07, 6.45) is 1.29. The van der Waals surface area contributed by atoms with Crippen molar-refractivity contribution in [1.29, 1.82) is 5.26 Å². The average molecular weight is 419 g/mol. The molecule has 3 aromatic rings. The summed E-state index contributed by atoms with van der Waals surface area (Å²) in [5.74, 6) is -0.393. The van der Waals surface area contributed by atoms with E-state index in [4.69, 9.17) is 9.44 Å². The summed E-state index contributed by atoms with van der Waals surface area (Å²) >= 11 is 0. The van der Waals surface area contributed by atoms with E-state index in [1.54, 1.807) is 30.3 Å². The Bertz CT molecular complexity index is 1230. The molecular weight excluding hydrogens is 402 g/mol. The average Bonchev–Trinajstić information content (AvgIpc) is 2.75. The summed E-state index contributed by atoms with van der Waals surface area (Å²) in [4.78, 5) is 12.2. The van der Waals surface area contributed by atoms with Crippen molar-refractivity contribution >= 4 is 22.2 Å². The summed E-state index contributed by atoms with van der Waals surface area (Å²) in [5, 5.41) is 12.7. The van der Waals surface area contributed by atoms with E-state index < -0.39 is 16.0 Å². The summed E-state index contributed by atoms with van der Waals surface area (Å²) in [6.45, 7) is 1.86. The Morgan fingerprint density at radius 3 is 2.37 bits per heavy atom. The minimum absolute atomic E-state index is 0.0361. The van der Waals surface area contributed by atoms with Gasteiger partial charge in [-0.15, -0.1) is 0 Å². The lowest BCUT2D eigenvalue weighted by atomic mass is 10.1. The first-order valence-corrected chi connectivity index (χ1v) is 10.2. The van der Waals surface area contributed by atoms with Gasteiger partial charge >= 0.3 is 10.1 Å². The van der Waals surface area contributed by atoms with Crippen molar-refractivity contribution in [1.82, 2.24) is 5.43 Å². The zero-order chi connectivity index (χ0) is 21.6. The number of hydrogen-bond donors (Lipinski definition) is 1. The molecule has 0 aliphatic heterocycles. The monoisotopic (exact) mass is 419 g/mol. The molecule has 3 aromatic carbocycles. The molecule has 0 aliphatic rings. The largest absolute Gasteiger partial charge is 0.378 e. The maximum atomic E-state index is 12.5. The van der Waals surface area contributed by atoms with E-state index >= 15 is 0 Å². The molecular formula is C22H17N3O4S. The minimum atomic E-state index is -4.02. The Kier molecular flexibility index (Phi) is 6.25. The van der Waals surface area contributed by atoms with Gasteiger partial charge in [-0.2, -0.15) is 18.8 Å². The molecule has 0 aliphatic carbocycles. The molecule has 0 radical (unpaired) electrons. The molecule has 8 heteroatoms. The number of hydrogen-bond acceptors (Lipinski definition) is 6. The number of benzene rings is 3. The lowest BCUT2D eigenvalue weighted by molar-refractivity contribution is 0.0955. The maximum Gasteiger partial charge on any atom is 0.339 e. The van der Waals surface area contributed by atoms with Gasteiger partial charge < -0.3 is 4.18 Å². The number of para-hydroxylation sites is 1. The van der Waals surface area contributed by atoms with Gasteiger partial charge in [-0.1, -0.05) is 29.8 Å². The highest BCUT2D eigenvalue weighted by atomic mass is 32.2. The number of nitrogens with one attached hydrogen (secondary N) is 1. The zero-order valence-corrected chi connectivity index (χ0v) is 16.8. The minimum Gasteiger partial charge on any atom is -0.378 e. The fourth-order valence-corrected chi connectivity index (χ4v) is 3.41. The fraction of sp³-hybridized carbons (Fsp3) is 0.0455. The van der Waals surface area contributed by atoms with E-state index in [0.717, 1.165) is 5.56 Å². The summed E-state index contributed by atoms with van der Waals surface area (Å²) in [5.41, 5.74) is 4.43. The normalized spacial score (nSPS) is 11.1. The second-order valence-electron chi connectivity index (χ2n) is 6.28. The first kappa shape index (κ1) is 20.8. The number of nitriles is 1. The third kappa shape index (κ3) is 5.10. The molecule has 150 valence electrons. The molecule has 0 saturated heterocycles. The standard InChI is InChI=1S/C22H17N3O4S/c1-16-6-12-20(13-7-16)30(27,28)29-21-5-3-2-4-19(21)15-24-25-22(26)18-10-8-17(14-23)9-11-18/h2-13,15H,1H3,(H,25,26)/b24-15-. The number of hydrazone groups is 1. The van der Waals surface area contributed by atoms with E-state index in [-0.39, 0.29) is 10.6 Å². The van der Waals surface area contributed by atoms with Crippen molar-refractivity contribution < 1.29 is 17.4 Å². The van der Waals surface area contributed by atoms with Crippen molar-refractivity contribution in [2.24, 2.45) is 5.10 Å². The highest BCUT2D eigenvalue weighted by Gasteiger charge is 2.17. The summed E-state index contributed by atoms with van der Waals surface area (Å²) in [7, 11) is -4.02. The molecule has 0 saturated carbocycles. The van der Waals surface area contributed by atoms with Crippen molar-refractivity contribution in [2.75, 3.05) is 0 Å². The van der Waals surface area contributed by atoms with Gasteiger partial charge in [0.25, 0.3) is 5.91 Å².